The Hall–Kier alpha value is -2.09. The van der Waals surface area contributed by atoms with Gasteiger partial charge in [-0.25, -0.2) is 13.8 Å². The molecular formula is C16H20F2N4O2. The summed E-state index contributed by atoms with van der Waals surface area (Å²) in [5, 5.41) is 19.8. The highest BCUT2D eigenvalue weighted by Crippen LogP contribution is 2.40. The van der Waals surface area contributed by atoms with Gasteiger partial charge in [0.15, 0.2) is 5.65 Å². The van der Waals surface area contributed by atoms with Crippen molar-refractivity contribution in [2.24, 2.45) is 0 Å². The van der Waals surface area contributed by atoms with Crippen molar-refractivity contribution < 1.29 is 18.7 Å². The van der Waals surface area contributed by atoms with E-state index in [-0.39, 0.29) is 18.4 Å². The number of aryl methyl sites for hydroxylation is 1. The van der Waals surface area contributed by atoms with Crippen molar-refractivity contribution in [1.29, 1.82) is 0 Å². The van der Waals surface area contributed by atoms with Gasteiger partial charge in [-0.05, 0) is 25.8 Å². The lowest BCUT2D eigenvalue weighted by atomic mass is 9.80. The highest BCUT2D eigenvalue weighted by molar-refractivity contribution is 5.97. The molecule has 6 nitrogen and oxygen atoms in total. The van der Waals surface area contributed by atoms with Crippen LogP contribution in [0.5, 0.6) is 0 Å². The SMILES string of the molecule is Cc1[nH]nc2ncc(C(=O)NCC(F)(F)C3(O)CCCCC3)cc12. The molecule has 0 spiro atoms. The highest BCUT2D eigenvalue weighted by atomic mass is 19.3. The zero-order valence-corrected chi connectivity index (χ0v) is 13.4. The van der Waals surface area contributed by atoms with Crippen LogP contribution in [0.1, 0.15) is 48.2 Å². The number of nitrogens with one attached hydrogen (secondary N) is 2. The summed E-state index contributed by atoms with van der Waals surface area (Å²) in [5.74, 6) is -4.02. The van der Waals surface area contributed by atoms with Gasteiger partial charge in [0, 0.05) is 17.3 Å². The number of aliphatic hydroxyl groups is 1. The molecule has 8 heteroatoms. The third-order valence-electron chi connectivity index (χ3n) is 4.69. The summed E-state index contributed by atoms with van der Waals surface area (Å²) in [4.78, 5) is 16.2. The van der Waals surface area contributed by atoms with Crippen molar-refractivity contribution in [2.45, 2.75) is 50.6 Å². The molecule has 1 aliphatic rings. The van der Waals surface area contributed by atoms with Crippen molar-refractivity contribution in [3.63, 3.8) is 0 Å². The van der Waals surface area contributed by atoms with Crippen molar-refractivity contribution in [3.8, 4) is 0 Å². The lowest BCUT2D eigenvalue weighted by molar-refractivity contribution is -0.191. The molecule has 0 bridgehead atoms. The van der Waals surface area contributed by atoms with Gasteiger partial charge in [-0.2, -0.15) is 5.10 Å². The average Bonchev–Trinajstić information content (AvgIpc) is 2.94. The molecule has 1 aliphatic carbocycles. The van der Waals surface area contributed by atoms with E-state index >= 15 is 0 Å². The van der Waals surface area contributed by atoms with E-state index in [9.17, 15) is 18.7 Å². The van der Waals surface area contributed by atoms with E-state index in [1.165, 1.54) is 6.20 Å². The number of alkyl halides is 2. The Balaban J connectivity index is 1.70. The average molecular weight is 338 g/mol. The monoisotopic (exact) mass is 338 g/mol. The lowest BCUT2D eigenvalue weighted by Gasteiger charge is -2.38. The number of fused-ring (bicyclic) bond motifs is 1. The molecule has 0 radical (unpaired) electrons. The summed E-state index contributed by atoms with van der Waals surface area (Å²) in [5.41, 5.74) is -0.652. The van der Waals surface area contributed by atoms with E-state index in [0.717, 1.165) is 12.1 Å². The van der Waals surface area contributed by atoms with Gasteiger partial charge in [0.2, 0.25) is 0 Å². The molecule has 3 rings (SSSR count). The first-order valence-corrected chi connectivity index (χ1v) is 8.01. The van der Waals surface area contributed by atoms with Gasteiger partial charge in [-0.1, -0.05) is 19.3 Å². The van der Waals surface area contributed by atoms with Gasteiger partial charge in [0.05, 0.1) is 12.1 Å². The molecule has 24 heavy (non-hydrogen) atoms. The molecule has 2 aromatic rings. The molecule has 0 atom stereocenters. The molecule has 0 saturated heterocycles. The van der Waals surface area contributed by atoms with Gasteiger partial charge in [-0.15, -0.1) is 0 Å². The fourth-order valence-electron chi connectivity index (χ4n) is 3.10. The maximum Gasteiger partial charge on any atom is 0.293 e. The number of carbonyl (C=O) groups is 1. The van der Waals surface area contributed by atoms with Crippen LogP contribution in [0.25, 0.3) is 11.0 Å². The molecule has 0 unspecified atom stereocenters. The van der Waals surface area contributed by atoms with Gasteiger partial charge in [0.1, 0.15) is 5.60 Å². The predicted molar refractivity (Wildman–Crippen MR) is 83.9 cm³/mol. The summed E-state index contributed by atoms with van der Waals surface area (Å²) in [6.45, 7) is 0.885. The fourth-order valence-corrected chi connectivity index (χ4v) is 3.10. The zero-order chi connectivity index (χ0) is 17.4. The molecule has 2 heterocycles. The molecule has 0 aromatic carbocycles. The van der Waals surface area contributed by atoms with Gasteiger partial charge in [-0.3, -0.25) is 9.89 Å². The Morgan fingerprint density at radius 3 is 2.83 bits per heavy atom. The van der Waals surface area contributed by atoms with Crippen molar-refractivity contribution in [3.05, 3.63) is 23.5 Å². The molecule has 2 aromatic heterocycles. The van der Waals surface area contributed by atoms with Crippen LogP contribution in [0.3, 0.4) is 0 Å². The predicted octanol–water partition coefficient (Wildman–Crippen LogP) is 2.33. The van der Waals surface area contributed by atoms with Crippen molar-refractivity contribution >= 4 is 16.9 Å². The van der Waals surface area contributed by atoms with E-state index in [1.807, 2.05) is 0 Å². The number of pyridine rings is 1. The first-order chi connectivity index (χ1) is 11.3. The molecule has 1 fully saturated rings. The largest absolute Gasteiger partial charge is 0.384 e. The molecule has 1 amide bonds. The number of hydrogen-bond donors (Lipinski definition) is 3. The van der Waals surface area contributed by atoms with Crippen LogP contribution in [0.2, 0.25) is 0 Å². The summed E-state index contributed by atoms with van der Waals surface area (Å²) < 4.78 is 28.7. The normalized spacial score (nSPS) is 17.8. The maximum absolute atomic E-state index is 14.3. The van der Waals surface area contributed by atoms with Crippen LogP contribution in [-0.4, -0.2) is 44.3 Å². The summed E-state index contributed by atoms with van der Waals surface area (Å²) in [6.07, 6.45) is 3.39. The number of hydrogen-bond acceptors (Lipinski definition) is 4. The van der Waals surface area contributed by atoms with Crippen LogP contribution < -0.4 is 5.32 Å². The summed E-state index contributed by atoms with van der Waals surface area (Å²) in [7, 11) is 0. The van der Waals surface area contributed by atoms with Crippen LogP contribution in [0.15, 0.2) is 12.3 Å². The minimum atomic E-state index is -3.37. The number of carbonyl (C=O) groups excluding carboxylic acids is 1. The van der Waals surface area contributed by atoms with Gasteiger partial charge < -0.3 is 10.4 Å². The van der Waals surface area contributed by atoms with Gasteiger partial charge >= 0.3 is 0 Å². The molecule has 0 aliphatic heterocycles. The third-order valence-corrected chi connectivity index (χ3v) is 4.69. The Morgan fingerprint density at radius 2 is 2.12 bits per heavy atom. The number of halogens is 2. The van der Waals surface area contributed by atoms with E-state index in [4.69, 9.17) is 0 Å². The number of rotatable bonds is 4. The number of nitrogens with zero attached hydrogens (tertiary/aromatic N) is 2. The van der Waals surface area contributed by atoms with Crippen molar-refractivity contribution in [2.75, 3.05) is 6.54 Å². The standard InChI is InChI=1S/C16H20F2N4O2/c1-10-12-7-11(8-19-13(12)22-21-10)14(23)20-9-16(17,18)15(24)5-3-2-4-6-15/h7-8,24H,2-6,9H2,1H3,(H,20,23)(H,19,21,22). The maximum atomic E-state index is 14.3. The summed E-state index contributed by atoms with van der Waals surface area (Å²) in [6, 6.07) is 1.56. The first kappa shape index (κ1) is 16.8. The minimum Gasteiger partial charge on any atom is -0.384 e. The molecular weight excluding hydrogens is 318 g/mol. The fraction of sp³-hybridized carbons (Fsp3) is 0.562. The summed E-state index contributed by atoms with van der Waals surface area (Å²) >= 11 is 0. The smallest absolute Gasteiger partial charge is 0.293 e. The number of aromatic amines is 1. The molecule has 1 saturated carbocycles. The quantitative estimate of drug-likeness (QED) is 0.798. The zero-order valence-electron chi connectivity index (χ0n) is 13.4. The Bertz CT molecular complexity index is 754. The molecule has 3 N–H and O–H groups in total. The van der Waals surface area contributed by atoms with Crippen LogP contribution in [0, 0.1) is 6.92 Å². The van der Waals surface area contributed by atoms with E-state index < -0.39 is 24.0 Å². The van der Waals surface area contributed by atoms with Crippen LogP contribution in [-0.2, 0) is 0 Å². The highest BCUT2D eigenvalue weighted by Gasteiger charge is 2.52. The second-order valence-corrected chi connectivity index (χ2v) is 6.42. The molecule has 130 valence electrons. The van der Waals surface area contributed by atoms with E-state index in [0.29, 0.717) is 23.9 Å². The van der Waals surface area contributed by atoms with Crippen LogP contribution >= 0.6 is 0 Å². The minimum absolute atomic E-state index is 0.0532. The topological polar surface area (TPSA) is 90.9 Å². The van der Waals surface area contributed by atoms with Crippen LogP contribution in [0.4, 0.5) is 8.78 Å². The van der Waals surface area contributed by atoms with E-state index in [1.54, 1.807) is 13.0 Å². The van der Waals surface area contributed by atoms with Gasteiger partial charge in [0.25, 0.3) is 11.8 Å². The second kappa shape index (κ2) is 6.08. The Morgan fingerprint density at radius 1 is 1.42 bits per heavy atom. The van der Waals surface area contributed by atoms with Crippen molar-refractivity contribution in [1.82, 2.24) is 20.5 Å². The lowest BCUT2D eigenvalue weighted by Crippen LogP contribution is -2.55. The first-order valence-electron chi connectivity index (χ1n) is 8.01. The second-order valence-electron chi connectivity index (χ2n) is 6.42. The number of amides is 1. The Kier molecular flexibility index (Phi) is 4.25. The number of H-pyrrole nitrogens is 1. The van der Waals surface area contributed by atoms with E-state index in [2.05, 4.69) is 20.5 Å². The third kappa shape index (κ3) is 2.98. The Labute approximate surface area is 137 Å². The number of aromatic nitrogens is 3.